The van der Waals surface area contributed by atoms with Crippen LogP contribution in [0, 0.1) is 24.7 Å². The molecular formula is C28H22BrCl3N2O5. The second-order valence-corrected chi connectivity index (χ2v) is 12.6. The van der Waals surface area contributed by atoms with Crippen molar-refractivity contribution in [2.75, 3.05) is 10.4 Å². The van der Waals surface area contributed by atoms with E-state index in [0.29, 0.717) is 21.8 Å². The maximum Gasteiger partial charge on any atom is 0.254 e. The molecule has 7 nitrogen and oxygen atoms in total. The van der Waals surface area contributed by atoms with Crippen molar-refractivity contribution < 1.29 is 24.3 Å². The van der Waals surface area contributed by atoms with Crippen molar-refractivity contribution >= 4 is 80.0 Å². The molecule has 0 unspecified atom stereocenters. The van der Waals surface area contributed by atoms with E-state index in [4.69, 9.17) is 34.8 Å². The first-order valence-electron chi connectivity index (χ1n) is 12.4. The molecule has 1 N–H and O–H groups in total. The van der Waals surface area contributed by atoms with Gasteiger partial charge in [-0.15, -0.1) is 23.2 Å². The predicted octanol–water partition coefficient (Wildman–Crippen LogP) is 5.27. The van der Waals surface area contributed by atoms with Crippen LogP contribution >= 0.6 is 50.7 Å². The number of benzene rings is 2. The van der Waals surface area contributed by atoms with Gasteiger partial charge in [-0.25, -0.2) is 4.90 Å². The van der Waals surface area contributed by atoms with Gasteiger partial charge in [-0.3, -0.25) is 24.1 Å². The number of para-hydroxylation sites is 1. The largest absolute Gasteiger partial charge is 0.508 e. The number of aryl methyl sites for hydroxylation is 1. The number of phenols is 1. The average Bonchev–Trinajstić information content (AvgIpc) is 3.24. The summed E-state index contributed by atoms with van der Waals surface area (Å²) in [5, 5.41) is 11.3. The lowest BCUT2D eigenvalue weighted by atomic mass is 9.56. The van der Waals surface area contributed by atoms with E-state index < -0.39 is 51.1 Å². The number of halogens is 4. The van der Waals surface area contributed by atoms with Crippen LogP contribution in [0.1, 0.15) is 29.9 Å². The summed E-state index contributed by atoms with van der Waals surface area (Å²) in [7, 11) is 0. The molecule has 6 atom stereocenters. The second kappa shape index (κ2) is 9.06. The van der Waals surface area contributed by atoms with Crippen molar-refractivity contribution in [2.24, 2.45) is 17.8 Å². The molecule has 4 amide bonds. The minimum Gasteiger partial charge on any atom is -0.508 e. The highest BCUT2D eigenvalue weighted by molar-refractivity contribution is 9.09. The summed E-state index contributed by atoms with van der Waals surface area (Å²) >= 11 is 23.8. The third-order valence-corrected chi connectivity index (χ3v) is 11.0. The highest BCUT2D eigenvalue weighted by Crippen LogP contribution is 2.66. The Morgan fingerprint density at radius 3 is 2.41 bits per heavy atom. The fraction of sp³-hybridized carbons (Fsp3) is 0.357. The number of carbonyl (C=O) groups is 4. The van der Waals surface area contributed by atoms with Gasteiger partial charge >= 0.3 is 0 Å². The Bertz CT molecular complexity index is 1510. The first kappa shape index (κ1) is 26.8. The van der Waals surface area contributed by atoms with Gasteiger partial charge in [-0.05, 0) is 49.4 Å². The summed E-state index contributed by atoms with van der Waals surface area (Å²) in [5.41, 5.74) is 2.00. The average molecular weight is 653 g/mol. The third kappa shape index (κ3) is 3.41. The van der Waals surface area contributed by atoms with E-state index in [9.17, 15) is 24.3 Å². The molecule has 0 aromatic heterocycles. The van der Waals surface area contributed by atoms with Crippen LogP contribution in [-0.4, -0.2) is 48.8 Å². The predicted molar refractivity (Wildman–Crippen MR) is 150 cm³/mol. The molecule has 2 saturated heterocycles. The van der Waals surface area contributed by atoms with E-state index in [1.165, 1.54) is 6.07 Å². The molecular weight excluding hydrogens is 631 g/mol. The van der Waals surface area contributed by atoms with Crippen molar-refractivity contribution in [3.63, 3.8) is 0 Å². The molecule has 0 bridgehead atoms. The van der Waals surface area contributed by atoms with E-state index in [0.717, 1.165) is 15.4 Å². The number of hydrogen-bond donors (Lipinski definition) is 1. The van der Waals surface area contributed by atoms with Gasteiger partial charge in [0.25, 0.3) is 11.8 Å². The fourth-order valence-corrected chi connectivity index (χ4v) is 8.40. The zero-order chi connectivity index (χ0) is 28.0. The summed E-state index contributed by atoms with van der Waals surface area (Å²) in [6.45, 7) is 1.82. The van der Waals surface area contributed by atoms with Crippen molar-refractivity contribution in [3.8, 4) is 5.75 Å². The molecule has 4 aliphatic rings. The first-order chi connectivity index (χ1) is 18.5. The van der Waals surface area contributed by atoms with E-state index in [2.05, 4.69) is 15.9 Å². The molecule has 6 rings (SSSR count). The summed E-state index contributed by atoms with van der Waals surface area (Å²) in [5.74, 6) is -5.46. The number of carbonyl (C=O) groups excluding carboxylic acids is 4. The van der Waals surface area contributed by atoms with Gasteiger partial charge in [-0.2, -0.15) is 0 Å². The number of allylic oxidation sites excluding steroid dienone is 2. The Labute approximate surface area is 247 Å². The molecule has 2 heterocycles. The Balaban J connectivity index is 1.52. The highest BCUT2D eigenvalue weighted by Gasteiger charge is 2.76. The summed E-state index contributed by atoms with van der Waals surface area (Å²) in [4.78, 5) is 53.2. The lowest BCUT2D eigenvalue weighted by Gasteiger charge is -2.50. The Morgan fingerprint density at radius 2 is 1.74 bits per heavy atom. The molecule has 0 spiro atoms. The van der Waals surface area contributed by atoms with Crippen LogP contribution in [-0.2, 0) is 19.2 Å². The van der Waals surface area contributed by atoms with Crippen molar-refractivity contribution in [2.45, 2.75) is 35.4 Å². The van der Waals surface area contributed by atoms with Crippen LogP contribution in [0.15, 0.2) is 54.1 Å². The molecule has 2 aromatic rings. The quantitative estimate of drug-likeness (QED) is 0.211. The number of hydrogen-bond acceptors (Lipinski definition) is 5. The SMILES string of the molecule is Cc1ccc(N2C(=O)[C@H]3[C@H](CC=C4[C@H]3C[C@@]3(Cl)C(=O)N(CBr)C(=O)[C@@]3(Cl)[C@H]4c3ccccc3O)C2=O)cc1Cl. The van der Waals surface area contributed by atoms with Crippen LogP contribution in [0.25, 0.3) is 0 Å². The molecule has 202 valence electrons. The maximum atomic E-state index is 14.0. The van der Waals surface area contributed by atoms with Gasteiger partial charge in [0.2, 0.25) is 11.8 Å². The monoisotopic (exact) mass is 650 g/mol. The maximum absolute atomic E-state index is 14.0. The molecule has 2 aliphatic heterocycles. The van der Waals surface area contributed by atoms with Gasteiger partial charge < -0.3 is 5.11 Å². The zero-order valence-corrected chi connectivity index (χ0v) is 24.4. The second-order valence-electron chi connectivity index (χ2n) is 10.5. The van der Waals surface area contributed by atoms with Crippen LogP contribution in [0.4, 0.5) is 5.69 Å². The molecule has 2 aliphatic carbocycles. The van der Waals surface area contributed by atoms with Gasteiger partial charge in [0.15, 0.2) is 9.75 Å². The van der Waals surface area contributed by atoms with E-state index in [-0.39, 0.29) is 30.0 Å². The van der Waals surface area contributed by atoms with Gasteiger partial charge in [0, 0.05) is 16.5 Å². The lowest BCUT2D eigenvalue weighted by molar-refractivity contribution is -0.138. The lowest BCUT2D eigenvalue weighted by Crippen LogP contribution is -2.60. The van der Waals surface area contributed by atoms with E-state index in [1.54, 1.807) is 36.4 Å². The zero-order valence-electron chi connectivity index (χ0n) is 20.5. The number of alkyl halides is 3. The summed E-state index contributed by atoms with van der Waals surface area (Å²) in [6, 6.07) is 11.4. The van der Waals surface area contributed by atoms with Gasteiger partial charge in [0.1, 0.15) is 5.75 Å². The fourth-order valence-electron chi connectivity index (χ4n) is 6.81. The highest BCUT2D eigenvalue weighted by atomic mass is 79.9. The Morgan fingerprint density at radius 1 is 1.03 bits per heavy atom. The molecule has 1 saturated carbocycles. The summed E-state index contributed by atoms with van der Waals surface area (Å²) in [6.07, 6.45) is 1.94. The minimum absolute atomic E-state index is 0.115. The number of nitrogens with zero attached hydrogens (tertiary/aromatic N) is 2. The standard InChI is InChI=1S/C28H22BrCl3N2O5/c1-13-6-7-14(10-19(13)30)34-23(36)17-9-8-15-18(21(17)24(34)37)11-27(31)25(38)33(12-29)26(39)28(27,32)22(15)16-4-2-3-5-20(16)35/h2-8,10,17-18,21-22,35H,9,11-12H2,1H3/t17-,18+,21-,22+,27+,28-/m0/s1. The van der Waals surface area contributed by atoms with Crippen molar-refractivity contribution in [1.29, 1.82) is 0 Å². The van der Waals surface area contributed by atoms with Crippen LogP contribution in [0.5, 0.6) is 5.75 Å². The smallest absolute Gasteiger partial charge is 0.254 e. The summed E-state index contributed by atoms with van der Waals surface area (Å²) < 4.78 is 0. The molecule has 3 fully saturated rings. The number of likely N-dealkylation sites (tertiary alicyclic amines) is 1. The van der Waals surface area contributed by atoms with Gasteiger partial charge in [0.05, 0.1) is 23.0 Å². The molecule has 2 aromatic carbocycles. The number of amides is 4. The van der Waals surface area contributed by atoms with Crippen LogP contribution < -0.4 is 4.90 Å². The van der Waals surface area contributed by atoms with E-state index in [1.807, 2.05) is 13.0 Å². The number of phenolic OH excluding ortho intramolecular Hbond substituents is 1. The Hall–Kier alpha value is -2.39. The van der Waals surface area contributed by atoms with Crippen LogP contribution in [0.3, 0.4) is 0 Å². The Kier molecular flexibility index (Phi) is 6.23. The topological polar surface area (TPSA) is 95.0 Å². The molecule has 0 radical (unpaired) electrons. The molecule has 39 heavy (non-hydrogen) atoms. The number of fused-ring (bicyclic) bond motifs is 4. The van der Waals surface area contributed by atoms with E-state index >= 15 is 0 Å². The number of rotatable bonds is 3. The third-order valence-electron chi connectivity index (χ3n) is 8.68. The molecule has 11 heteroatoms. The van der Waals surface area contributed by atoms with Crippen LogP contribution in [0.2, 0.25) is 5.02 Å². The van der Waals surface area contributed by atoms with Crippen molar-refractivity contribution in [3.05, 3.63) is 70.3 Å². The first-order valence-corrected chi connectivity index (χ1v) is 14.6. The van der Waals surface area contributed by atoms with Crippen molar-refractivity contribution in [1.82, 2.24) is 4.90 Å². The number of imide groups is 2. The minimum atomic E-state index is -1.96. The number of anilines is 1. The van der Waals surface area contributed by atoms with Gasteiger partial charge in [-0.1, -0.05) is 63.4 Å². The number of aromatic hydroxyl groups is 1. The normalized spacial score (nSPS) is 33.7.